The molecule has 0 aromatic carbocycles. The molecule has 2 heterocycles. The minimum absolute atomic E-state index is 0.398. The molecule has 1 fully saturated rings. The average molecular weight is 265 g/mol. The summed E-state index contributed by atoms with van der Waals surface area (Å²) >= 11 is 0. The molecule has 1 N–H and O–H groups in total. The van der Waals surface area contributed by atoms with Gasteiger partial charge in [-0.3, -0.25) is 4.68 Å². The van der Waals surface area contributed by atoms with Crippen molar-refractivity contribution in [1.82, 2.24) is 15.1 Å². The first-order valence-corrected chi connectivity index (χ1v) is 7.64. The summed E-state index contributed by atoms with van der Waals surface area (Å²) in [4.78, 5) is 0. The summed E-state index contributed by atoms with van der Waals surface area (Å²) in [6.45, 7) is 9.26. The minimum atomic E-state index is 0.398. The van der Waals surface area contributed by atoms with Gasteiger partial charge in [0.2, 0.25) is 0 Å². The van der Waals surface area contributed by atoms with E-state index in [1.807, 2.05) is 0 Å². The van der Waals surface area contributed by atoms with Gasteiger partial charge in [-0.2, -0.15) is 5.10 Å². The summed E-state index contributed by atoms with van der Waals surface area (Å²) < 4.78 is 7.85. The van der Waals surface area contributed by atoms with Crippen LogP contribution in [0.15, 0.2) is 6.07 Å². The molecule has 0 aliphatic carbocycles. The van der Waals surface area contributed by atoms with E-state index in [4.69, 9.17) is 4.74 Å². The van der Waals surface area contributed by atoms with E-state index < -0.39 is 0 Å². The first-order chi connectivity index (χ1) is 9.24. The van der Waals surface area contributed by atoms with E-state index in [0.717, 1.165) is 38.2 Å². The highest BCUT2D eigenvalue weighted by Gasteiger charge is 2.20. The smallest absolute Gasteiger partial charge is 0.0597 e. The largest absolute Gasteiger partial charge is 0.378 e. The molecule has 2 unspecified atom stereocenters. The Hall–Kier alpha value is -0.870. The second-order valence-corrected chi connectivity index (χ2v) is 5.35. The summed E-state index contributed by atoms with van der Waals surface area (Å²) in [5.41, 5.74) is 2.43. The van der Waals surface area contributed by atoms with Gasteiger partial charge in [0.25, 0.3) is 0 Å². The van der Waals surface area contributed by atoms with Gasteiger partial charge in [0.1, 0.15) is 0 Å². The second-order valence-electron chi connectivity index (χ2n) is 5.35. The Morgan fingerprint density at radius 3 is 3.00 bits per heavy atom. The van der Waals surface area contributed by atoms with Crippen LogP contribution in [-0.4, -0.2) is 29.0 Å². The summed E-state index contributed by atoms with van der Waals surface area (Å²) in [5.74, 6) is 0. The van der Waals surface area contributed by atoms with Crippen LogP contribution >= 0.6 is 0 Å². The average Bonchev–Trinajstić information content (AvgIpc) is 3.03. The molecule has 0 radical (unpaired) electrons. The van der Waals surface area contributed by atoms with Crippen LogP contribution in [0.2, 0.25) is 0 Å². The fraction of sp³-hybridized carbons (Fsp3) is 0.800. The molecule has 2 atom stereocenters. The normalized spacial score (nSPS) is 20.9. The first-order valence-electron chi connectivity index (χ1n) is 7.64. The summed E-state index contributed by atoms with van der Waals surface area (Å²) in [7, 11) is 0. The van der Waals surface area contributed by atoms with Crippen molar-refractivity contribution in [2.24, 2.45) is 0 Å². The van der Waals surface area contributed by atoms with Crippen molar-refractivity contribution in [3.05, 3.63) is 17.5 Å². The molecular weight excluding hydrogens is 238 g/mol. The van der Waals surface area contributed by atoms with Crippen molar-refractivity contribution >= 4 is 0 Å². The van der Waals surface area contributed by atoms with Crippen molar-refractivity contribution in [2.45, 2.75) is 65.1 Å². The summed E-state index contributed by atoms with van der Waals surface area (Å²) in [6, 6.07) is 2.61. The Morgan fingerprint density at radius 1 is 1.53 bits per heavy atom. The number of hydrogen-bond donors (Lipinski definition) is 1. The van der Waals surface area contributed by atoms with E-state index in [1.54, 1.807) is 0 Å². The van der Waals surface area contributed by atoms with Crippen LogP contribution in [0, 0.1) is 6.92 Å². The number of aryl methyl sites for hydroxylation is 2. The zero-order valence-corrected chi connectivity index (χ0v) is 12.5. The van der Waals surface area contributed by atoms with Gasteiger partial charge in [0, 0.05) is 19.2 Å². The van der Waals surface area contributed by atoms with E-state index in [-0.39, 0.29) is 0 Å². The molecular formula is C15H27N3O. The number of nitrogens with zero attached hydrogens (tertiary/aromatic N) is 2. The molecule has 0 saturated carbocycles. The van der Waals surface area contributed by atoms with E-state index in [2.05, 4.69) is 41.9 Å². The molecule has 1 aromatic heterocycles. The first kappa shape index (κ1) is 14.5. The fourth-order valence-corrected chi connectivity index (χ4v) is 2.92. The van der Waals surface area contributed by atoms with Crippen LogP contribution in [0.5, 0.6) is 0 Å². The van der Waals surface area contributed by atoms with Crippen LogP contribution in [0.3, 0.4) is 0 Å². The molecule has 0 spiro atoms. The molecule has 0 amide bonds. The predicted octanol–water partition coefficient (Wildman–Crippen LogP) is 2.82. The van der Waals surface area contributed by atoms with Crippen LogP contribution < -0.4 is 5.32 Å². The van der Waals surface area contributed by atoms with Gasteiger partial charge in [0.15, 0.2) is 0 Å². The summed E-state index contributed by atoms with van der Waals surface area (Å²) in [6.07, 6.45) is 5.20. The minimum Gasteiger partial charge on any atom is -0.378 e. The van der Waals surface area contributed by atoms with E-state index in [1.165, 1.54) is 18.5 Å². The molecule has 108 valence electrons. The van der Waals surface area contributed by atoms with Crippen molar-refractivity contribution in [2.75, 3.05) is 13.2 Å². The Labute approximate surface area is 116 Å². The molecule has 1 aliphatic heterocycles. The van der Waals surface area contributed by atoms with Gasteiger partial charge in [0.05, 0.1) is 17.5 Å². The Morgan fingerprint density at radius 2 is 2.37 bits per heavy atom. The third-order valence-electron chi connectivity index (χ3n) is 3.84. The lowest BCUT2D eigenvalue weighted by Gasteiger charge is -2.20. The van der Waals surface area contributed by atoms with Gasteiger partial charge < -0.3 is 10.1 Å². The van der Waals surface area contributed by atoms with Crippen LogP contribution in [0.25, 0.3) is 0 Å². The third kappa shape index (κ3) is 3.80. The molecule has 1 aliphatic rings. The SMILES string of the molecule is CCNC(CCC1CCCO1)c1cc(C)nn1CC. The Kier molecular flexibility index (Phi) is 5.40. The number of hydrogen-bond acceptors (Lipinski definition) is 3. The number of rotatable bonds is 7. The number of aromatic nitrogens is 2. The highest BCUT2D eigenvalue weighted by Crippen LogP contribution is 2.24. The number of nitrogens with one attached hydrogen (secondary N) is 1. The predicted molar refractivity (Wildman–Crippen MR) is 77.3 cm³/mol. The lowest BCUT2D eigenvalue weighted by Crippen LogP contribution is -2.25. The zero-order chi connectivity index (χ0) is 13.7. The van der Waals surface area contributed by atoms with E-state index in [0.29, 0.717) is 12.1 Å². The zero-order valence-electron chi connectivity index (χ0n) is 12.5. The fourth-order valence-electron chi connectivity index (χ4n) is 2.92. The second kappa shape index (κ2) is 7.06. The topological polar surface area (TPSA) is 39.1 Å². The summed E-state index contributed by atoms with van der Waals surface area (Å²) in [5, 5.41) is 8.15. The molecule has 4 nitrogen and oxygen atoms in total. The quantitative estimate of drug-likeness (QED) is 0.824. The molecule has 2 rings (SSSR count). The maximum atomic E-state index is 5.73. The van der Waals surface area contributed by atoms with Gasteiger partial charge >= 0.3 is 0 Å². The lowest BCUT2D eigenvalue weighted by molar-refractivity contribution is 0.0993. The monoisotopic (exact) mass is 265 g/mol. The van der Waals surface area contributed by atoms with Gasteiger partial charge in [-0.15, -0.1) is 0 Å². The van der Waals surface area contributed by atoms with Crippen LogP contribution in [-0.2, 0) is 11.3 Å². The molecule has 19 heavy (non-hydrogen) atoms. The van der Waals surface area contributed by atoms with Gasteiger partial charge in [-0.05, 0) is 52.1 Å². The maximum Gasteiger partial charge on any atom is 0.0597 e. The van der Waals surface area contributed by atoms with E-state index >= 15 is 0 Å². The van der Waals surface area contributed by atoms with Crippen molar-refractivity contribution < 1.29 is 4.74 Å². The van der Waals surface area contributed by atoms with Crippen LogP contribution in [0.1, 0.15) is 57.0 Å². The van der Waals surface area contributed by atoms with E-state index in [9.17, 15) is 0 Å². The highest BCUT2D eigenvalue weighted by atomic mass is 16.5. The van der Waals surface area contributed by atoms with Gasteiger partial charge in [-0.1, -0.05) is 6.92 Å². The van der Waals surface area contributed by atoms with Crippen LogP contribution in [0.4, 0.5) is 0 Å². The third-order valence-corrected chi connectivity index (χ3v) is 3.84. The number of ether oxygens (including phenoxy) is 1. The molecule has 4 heteroatoms. The molecule has 1 saturated heterocycles. The Balaban J connectivity index is 2.00. The molecule has 0 bridgehead atoms. The Bertz CT molecular complexity index is 383. The standard InChI is InChI=1S/C15H27N3O/c1-4-16-14(9-8-13-7-6-10-19-13)15-11-12(3)17-18(15)5-2/h11,13-14,16H,4-10H2,1-3H3. The molecule has 1 aromatic rings. The van der Waals surface area contributed by atoms with Crippen molar-refractivity contribution in [3.63, 3.8) is 0 Å². The van der Waals surface area contributed by atoms with Crippen molar-refractivity contribution in [3.8, 4) is 0 Å². The highest BCUT2D eigenvalue weighted by molar-refractivity contribution is 5.13. The van der Waals surface area contributed by atoms with Gasteiger partial charge in [-0.25, -0.2) is 0 Å². The lowest BCUT2D eigenvalue weighted by atomic mass is 10.0. The maximum absolute atomic E-state index is 5.73. The van der Waals surface area contributed by atoms with Crippen molar-refractivity contribution in [1.29, 1.82) is 0 Å².